The summed E-state index contributed by atoms with van der Waals surface area (Å²) in [6.45, 7) is 3.56. The first-order valence-electron chi connectivity index (χ1n) is 4.25. The molecule has 0 aliphatic rings. The fourth-order valence-corrected chi connectivity index (χ4v) is 1.05. The van der Waals surface area contributed by atoms with E-state index in [1.165, 1.54) is 13.2 Å². The van der Waals surface area contributed by atoms with Gasteiger partial charge in [-0.2, -0.15) is 0 Å². The second-order valence-corrected chi connectivity index (χ2v) is 2.71. The number of hydrogen-bond donors (Lipinski definition) is 0. The molecule has 0 N–H and O–H groups in total. The minimum Gasteiger partial charge on any atom is -0.465 e. The highest BCUT2D eigenvalue weighted by molar-refractivity contribution is 5.96. The van der Waals surface area contributed by atoms with E-state index in [2.05, 4.69) is 11.3 Å². The second-order valence-electron chi connectivity index (χ2n) is 2.71. The summed E-state index contributed by atoms with van der Waals surface area (Å²) in [7, 11) is 1.35. The summed E-state index contributed by atoms with van der Waals surface area (Å²) in [5, 5.41) is 0. The predicted octanol–water partition coefficient (Wildman–Crippen LogP) is 2.43. The van der Waals surface area contributed by atoms with Crippen LogP contribution < -0.4 is 0 Å². The summed E-state index contributed by atoms with van der Waals surface area (Å²) in [6.07, 6.45) is 3.22. The molecule has 2 nitrogen and oxygen atoms in total. The lowest BCUT2D eigenvalue weighted by atomic mass is 10.1. The van der Waals surface area contributed by atoms with E-state index < -0.39 is 0 Å². The van der Waals surface area contributed by atoms with Gasteiger partial charge in [-0.05, 0) is 11.6 Å². The number of benzene rings is 1. The molecule has 0 fully saturated rings. The zero-order valence-electron chi connectivity index (χ0n) is 8.07. The van der Waals surface area contributed by atoms with Gasteiger partial charge in [0.2, 0.25) is 0 Å². The maximum atomic E-state index is 11.2. The third-order valence-corrected chi connectivity index (χ3v) is 1.76. The van der Waals surface area contributed by atoms with Gasteiger partial charge in [-0.1, -0.05) is 43.0 Å². The van der Waals surface area contributed by atoms with Crippen molar-refractivity contribution in [2.24, 2.45) is 0 Å². The van der Waals surface area contributed by atoms with Gasteiger partial charge in [0.25, 0.3) is 0 Å². The van der Waals surface area contributed by atoms with E-state index in [0.717, 1.165) is 5.56 Å². The molecular weight excluding hydrogens is 176 g/mol. The second kappa shape index (κ2) is 5.02. The van der Waals surface area contributed by atoms with E-state index >= 15 is 0 Å². The molecule has 0 atom stereocenters. The highest BCUT2D eigenvalue weighted by atomic mass is 16.5. The van der Waals surface area contributed by atoms with Crippen molar-refractivity contribution in [2.75, 3.05) is 7.11 Å². The van der Waals surface area contributed by atoms with Crippen molar-refractivity contribution in [3.63, 3.8) is 0 Å². The third kappa shape index (κ3) is 2.59. The zero-order chi connectivity index (χ0) is 10.4. The lowest BCUT2D eigenvalue weighted by molar-refractivity contribution is -0.135. The van der Waals surface area contributed by atoms with Gasteiger partial charge in [-0.3, -0.25) is 0 Å². The first kappa shape index (κ1) is 10.3. The Kier molecular flexibility index (Phi) is 3.68. The normalized spacial score (nSPS) is 10.8. The molecule has 0 aromatic heterocycles. The van der Waals surface area contributed by atoms with Crippen LogP contribution in [0.1, 0.15) is 5.56 Å². The van der Waals surface area contributed by atoms with Crippen LogP contribution in [0.5, 0.6) is 0 Å². The predicted molar refractivity (Wildman–Crippen MR) is 56.6 cm³/mol. The summed E-state index contributed by atoms with van der Waals surface area (Å²) < 4.78 is 4.60. The molecule has 0 radical (unpaired) electrons. The summed E-state index contributed by atoms with van der Waals surface area (Å²) >= 11 is 0. The van der Waals surface area contributed by atoms with Gasteiger partial charge in [0.1, 0.15) is 0 Å². The summed E-state index contributed by atoms with van der Waals surface area (Å²) in [4.78, 5) is 11.2. The van der Waals surface area contributed by atoms with Crippen LogP contribution in [0.15, 0.2) is 48.6 Å². The molecule has 1 aromatic carbocycles. The zero-order valence-corrected chi connectivity index (χ0v) is 8.07. The Morgan fingerprint density at radius 3 is 2.50 bits per heavy atom. The monoisotopic (exact) mass is 188 g/mol. The lowest BCUT2D eigenvalue weighted by Gasteiger charge is -1.99. The van der Waals surface area contributed by atoms with Gasteiger partial charge < -0.3 is 4.74 Å². The van der Waals surface area contributed by atoms with Crippen LogP contribution in [0.2, 0.25) is 0 Å². The number of methoxy groups -OCH3 is 1. The number of ether oxygens (including phenoxy) is 1. The molecular formula is C12H12O2. The molecule has 0 saturated heterocycles. The van der Waals surface area contributed by atoms with Gasteiger partial charge >= 0.3 is 5.97 Å². The standard InChI is InChI=1S/C12H12O2/c1-3-11(12(13)14-2)9-10-7-5-4-6-8-10/h3-9H,1H2,2H3. The first-order chi connectivity index (χ1) is 6.77. The number of carbonyl (C=O) groups excluding carboxylic acids is 1. The van der Waals surface area contributed by atoms with E-state index in [9.17, 15) is 4.79 Å². The Morgan fingerprint density at radius 1 is 1.36 bits per heavy atom. The van der Waals surface area contributed by atoms with Crippen LogP contribution in [0.25, 0.3) is 6.08 Å². The molecule has 72 valence electrons. The molecule has 0 bridgehead atoms. The summed E-state index contributed by atoms with van der Waals surface area (Å²) in [5.41, 5.74) is 1.41. The van der Waals surface area contributed by atoms with Crippen LogP contribution in [0.4, 0.5) is 0 Å². The van der Waals surface area contributed by atoms with Gasteiger partial charge in [-0.25, -0.2) is 4.79 Å². The van der Waals surface area contributed by atoms with Gasteiger partial charge in [0.05, 0.1) is 12.7 Å². The van der Waals surface area contributed by atoms with Crippen molar-refractivity contribution in [1.82, 2.24) is 0 Å². The van der Waals surface area contributed by atoms with Crippen LogP contribution in [-0.2, 0) is 9.53 Å². The van der Waals surface area contributed by atoms with Crippen LogP contribution in [-0.4, -0.2) is 13.1 Å². The van der Waals surface area contributed by atoms with E-state index in [0.29, 0.717) is 5.57 Å². The molecule has 0 heterocycles. The number of carbonyl (C=O) groups is 1. The van der Waals surface area contributed by atoms with Crippen molar-refractivity contribution in [3.05, 3.63) is 54.1 Å². The SMILES string of the molecule is C=CC(=Cc1ccccc1)C(=O)OC. The molecule has 1 rings (SSSR count). The lowest BCUT2D eigenvalue weighted by Crippen LogP contribution is -2.01. The summed E-state index contributed by atoms with van der Waals surface area (Å²) in [6, 6.07) is 9.55. The van der Waals surface area contributed by atoms with E-state index in [1.807, 2.05) is 30.3 Å². The molecule has 0 spiro atoms. The Labute approximate surface area is 83.5 Å². The van der Waals surface area contributed by atoms with Gasteiger partial charge in [-0.15, -0.1) is 0 Å². The first-order valence-corrected chi connectivity index (χ1v) is 4.25. The highest BCUT2D eigenvalue weighted by Crippen LogP contribution is 2.08. The fourth-order valence-electron chi connectivity index (χ4n) is 1.05. The van der Waals surface area contributed by atoms with E-state index in [4.69, 9.17) is 0 Å². The average molecular weight is 188 g/mol. The van der Waals surface area contributed by atoms with Crippen LogP contribution in [0, 0.1) is 0 Å². The minimum atomic E-state index is -0.371. The largest absolute Gasteiger partial charge is 0.465 e. The molecule has 0 aliphatic carbocycles. The topological polar surface area (TPSA) is 26.3 Å². The van der Waals surface area contributed by atoms with Crippen LogP contribution >= 0.6 is 0 Å². The van der Waals surface area contributed by atoms with Crippen molar-refractivity contribution in [1.29, 1.82) is 0 Å². The molecule has 0 amide bonds. The maximum Gasteiger partial charge on any atom is 0.337 e. The Bertz CT molecular complexity index is 350. The van der Waals surface area contributed by atoms with Gasteiger partial charge in [0, 0.05) is 0 Å². The molecule has 0 unspecified atom stereocenters. The molecule has 0 aliphatic heterocycles. The number of hydrogen-bond acceptors (Lipinski definition) is 2. The maximum absolute atomic E-state index is 11.2. The molecule has 2 heteroatoms. The fraction of sp³-hybridized carbons (Fsp3) is 0.0833. The quantitative estimate of drug-likeness (QED) is 0.413. The summed E-state index contributed by atoms with van der Waals surface area (Å²) in [5.74, 6) is -0.371. The van der Waals surface area contributed by atoms with Crippen molar-refractivity contribution < 1.29 is 9.53 Å². The number of esters is 1. The highest BCUT2D eigenvalue weighted by Gasteiger charge is 2.04. The van der Waals surface area contributed by atoms with Crippen molar-refractivity contribution >= 4 is 12.0 Å². The van der Waals surface area contributed by atoms with Crippen LogP contribution in [0.3, 0.4) is 0 Å². The molecule has 1 aromatic rings. The molecule has 0 saturated carbocycles. The Hall–Kier alpha value is -1.83. The van der Waals surface area contributed by atoms with Crippen molar-refractivity contribution in [2.45, 2.75) is 0 Å². The Morgan fingerprint density at radius 2 is 2.00 bits per heavy atom. The molecule has 14 heavy (non-hydrogen) atoms. The van der Waals surface area contributed by atoms with Gasteiger partial charge in [0.15, 0.2) is 0 Å². The van der Waals surface area contributed by atoms with E-state index in [1.54, 1.807) is 6.08 Å². The average Bonchev–Trinajstić information content (AvgIpc) is 2.26. The third-order valence-electron chi connectivity index (χ3n) is 1.76. The smallest absolute Gasteiger partial charge is 0.337 e. The number of rotatable bonds is 3. The van der Waals surface area contributed by atoms with Crippen molar-refractivity contribution in [3.8, 4) is 0 Å². The minimum absolute atomic E-state index is 0.371. The van der Waals surface area contributed by atoms with E-state index in [-0.39, 0.29) is 5.97 Å². The Balaban J connectivity index is 2.95.